The second-order valence-electron chi connectivity index (χ2n) is 6.80. The van der Waals surface area contributed by atoms with Gasteiger partial charge in [-0.25, -0.2) is 0 Å². The second kappa shape index (κ2) is 5.09. The Morgan fingerprint density at radius 2 is 1.79 bits per heavy atom. The van der Waals surface area contributed by atoms with Crippen molar-refractivity contribution in [2.24, 2.45) is 0 Å². The molecule has 0 radical (unpaired) electrons. The molecule has 2 heteroatoms. The lowest BCUT2D eigenvalue weighted by atomic mass is 9.73. The number of rotatable bonds is 4. The van der Waals surface area contributed by atoms with Gasteiger partial charge in [0, 0.05) is 11.8 Å². The molecule has 1 heterocycles. The number of carbonyl (C=O) groups excluding carboxylic acids is 1. The van der Waals surface area contributed by atoms with Crippen LogP contribution in [0.3, 0.4) is 0 Å². The van der Waals surface area contributed by atoms with Crippen LogP contribution in [0.4, 0.5) is 0 Å². The number of hydrogen-bond donors (Lipinski definition) is 0. The number of Topliss-reactive ketones (excluding diaryl/α,β-unsaturated/α-hetero) is 1. The van der Waals surface area contributed by atoms with Crippen LogP contribution >= 0.6 is 0 Å². The van der Waals surface area contributed by atoms with Crippen molar-refractivity contribution in [1.29, 1.82) is 0 Å². The topological polar surface area (TPSA) is 26.3 Å². The first-order valence-electron chi connectivity index (χ1n) is 7.02. The highest BCUT2D eigenvalue weighted by Crippen LogP contribution is 2.37. The van der Waals surface area contributed by atoms with E-state index >= 15 is 0 Å². The number of benzene rings is 1. The lowest BCUT2D eigenvalue weighted by Crippen LogP contribution is -2.47. The monoisotopic (exact) mass is 260 g/mol. The predicted octanol–water partition coefficient (Wildman–Crippen LogP) is 3.62. The Morgan fingerprint density at radius 1 is 1.21 bits per heavy atom. The summed E-state index contributed by atoms with van der Waals surface area (Å²) in [5.74, 6) is 0.262. The summed E-state index contributed by atoms with van der Waals surface area (Å²) in [6.45, 7) is 9.82. The maximum Gasteiger partial charge on any atom is 0.129 e. The molecule has 0 unspecified atom stereocenters. The Bertz CT molecular complexity index is 447. The minimum Gasteiger partial charge on any atom is -0.379 e. The lowest BCUT2D eigenvalue weighted by molar-refractivity contribution is -0.119. The molecule has 2 rings (SSSR count). The quantitative estimate of drug-likeness (QED) is 0.826. The van der Waals surface area contributed by atoms with Crippen LogP contribution in [0.25, 0.3) is 0 Å². The molecule has 0 N–H and O–H groups in total. The van der Waals surface area contributed by atoms with Crippen molar-refractivity contribution < 1.29 is 9.53 Å². The van der Waals surface area contributed by atoms with Crippen molar-refractivity contribution in [3.8, 4) is 0 Å². The first-order chi connectivity index (χ1) is 8.83. The molecule has 1 aromatic carbocycles. The van der Waals surface area contributed by atoms with Crippen LogP contribution in [0.5, 0.6) is 0 Å². The maximum absolute atomic E-state index is 11.2. The van der Waals surface area contributed by atoms with Gasteiger partial charge in [0.1, 0.15) is 5.78 Å². The first kappa shape index (κ1) is 14.3. The Morgan fingerprint density at radius 3 is 2.16 bits per heavy atom. The van der Waals surface area contributed by atoms with Gasteiger partial charge in [-0.1, -0.05) is 45.0 Å². The molecule has 1 aromatic rings. The van der Waals surface area contributed by atoms with Crippen LogP contribution in [-0.2, 0) is 20.4 Å². The van der Waals surface area contributed by atoms with E-state index in [4.69, 9.17) is 4.74 Å². The van der Waals surface area contributed by atoms with Gasteiger partial charge in [-0.3, -0.25) is 0 Å². The summed E-state index contributed by atoms with van der Waals surface area (Å²) in [5, 5.41) is 0. The Hall–Kier alpha value is -1.15. The van der Waals surface area contributed by atoms with Crippen molar-refractivity contribution in [2.75, 3.05) is 13.2 Å². The molecular formula is C17H24O2. The molecule has 0 aromatic heterocycles. The van der Waals surface area contributed by atoms with E-state index in [1.807, 2.05) is 0 Å². The van der Waals surface area contributed by atoms with Crippen LogP contribution < -0.4 is 0 Å². The van der Waals surface area contributed by atoms with Gasteiger partial charge in [0.25, 0.3) is 0 Å². The molecule has 19 heavy (non-hydrogen) atoms. The van der Waals surface area contributed by atoms with E-state index in [1.54, 1.807) is 6.92 Å². The average Bonchev–Trinajstić information content (AvgIpc) is 2.26. The molecule has 0 saturated carbocycles. The normalized spacial score (nSPS) is 17.9. The van der Waals surface area contributed by atoms with Gasteiger partial charge in [-0.15, -0.1) is 0 Å². The van der Waals surface area contributed by atoms with Gasteiger partial charge in [-0.05, 0) is 29.9 Å². The van der Waals surface area contributed by atoms with E-state index < -0.39 is 0 Å². The SMILES string of the molecule is CC(=O)CCC1(c2ccc(C(C)(C)C)cc2)COC1. The summed E-state index contributed by atoms with van der Waals surface area (Å²) in [5.41, 5.74) is 2.91. The fraction of sp³-hybridized carbons (Fsp3) is 0.588. The fourth-order valence-corrected chi connectivity index (χ4v) is 2.54. The molecule has 104 valence electrons. The number of carbonyl (C=O) groups is 1. The molecule has 1 fully saturated rings. The van der Waals surface area contributed by atoms with Gasteiger partial charge in [0.15, 0.2) is 0 Å². The molecule has 1 aliphatic heterocycles. The molecule has 0 atom stereocenters. The van der Waals surface area contributed by atoms with Gasteiger partial charge >= 0.3 is 0 Å². The van der Waals surface area contributed by atoms with E-state index in [1.165, 1.54) is 11.1 Å². The van der Waals surface area contributed by atoms with Crippen molar-refractivity contribution in [2.45, 2.75) is 51.4 Å². The third kappa shape index (κ3) is 3.06. The minimum absolute atomic E-state index is 0.0715. The highest BCUT2D eigenvalue weighted by molar-refractivity contribution is 5.75. The smallest absolute Gasteiger partial charge is 0.129 e. The molecule has 0 amide bonds. The first-order valence-corrected chi connectivity index (χ1v) is 7.02. The van der Waals surface area contributed by atoms with Crippen LogP contribution in [0, 0.1) is 0 Å². The highest BCUT2D eigenvalue weighted by Gasteiger charge is 2.40. The summed E-state index contributed by atoms with van der Waals surface area (Å²) < 4.78 is 5.41. The summed E-state index contributed by atoms with van der Waals surface area (Å²) in [7, 11) is 0. The third-order valence-electron chi connectivity index (χ3n) is 4.08. The third-order valence-corrected chi connectivity index (χ3v) is 4.08. The Labute approximate surface area is 116 Å². The summed E-state index contributed by atoms with van der Waals surface area (Å²) in [4.78, 5) is 11.2. The largest absolute Gasteiger partial charge is 0.379 e. The van der Waals surface area contributed by atoms with Gasteiger partial charge in [0.05, 0.1) is 13.2 Å². The summed E-state index contributed by atoms with van der Waals surface area (Å²) in [6.07, 6.45) is 1.54. The van der Waals surface area contributed by atoms with Crippen molar-refractivity contribution in [3.05, 3.63) is 35.4 Å². The number of hydrogen-bond acceptors (Lipinski definition) is 2. The van der Waals surface area contributed by atoms with E-state index in [-0.39, 0.29) is 16.6 Å². The standard InChI is InChI=1S/C17H24O2/c1-13(18)9-10-17(11-19-12-17)15-7-5-14(6-8-15)16(2,3)4/h5-8H,9-12H2,1-4H3. The zero-order valence-electron chi connectivity index (χ0n) is 12.5. The van der Waals surface area contributed by atoms with Crippen molar-refractivity contribution in [3.63, 3.8) is 0 Å². The molecule has 1 aliphatic rings. The minimum atomic E-state index is 0.0715. The zero-order chi connectivity index (χ0) is 14.1. The zero-order valence-corrected chi connectivity index (χ0v) is 12.5. The van der Waals surface area contributed by atoms with Crippen LogP contribution in [-0.4, -0.2) is 19.0 Å². The Balaban J connectivity index is 2.17. The maximum atomic E-state index is 11.2. The Kier molecular flexibility index (Phi) is 3.82. The van der Waals surface area contributed by atoms with Gasteiger partial charge in [0.2, 0.25) is 0 Å². The van der Waals surface area contributed by atoms with Gasteiger partial charge in [-0.2, -0.15) is 0 Å². The van der Waals surface area contributed by atoms with E-state index in [0.29, 0.717) is 6.42 Å². The predicted molar refractivity (Wildman–Crippen MR) is 77.6 cm³/mol. The number of ether oxygens (including phenoxy) is 1. The second-order valence-corrected chi connectivity index (χ2v) is 6.80. The summed E-state index contributed by atoms with van der Waals surface area (Å²) >= 11 is 0. The lowest BCUT2D eigenvalue weighted by Gasteiger charge is -2.42. The molecule has 0 spiro atoms. The molecule has 0 aliphatic carbocycles. The molecular weight excluding hydrogens is 236 g/mol. The van der Waals surface area contributed by atoms with E-state index in [9.17, 15) is 4.79 Å². The molecule has 0 bridgehead atoms. The van der Waals surface area contributed by atoms with Crippen LogP contribution in [0.1, 0.15) is 51.7 Å². The molecule has 1 saturated heterocycles. The van der Waals surface area contributed by atoms with Crippen LogP contribution in [0.2, 0.25) is 0 Å². The number of ketones is 1. The highest BCUT2D eigenvalue weighted by atomic mass is 16.5. The fourth-order valence-electron chi connectivity index (χ4n) is 2.54. The average molecular weight is 260 g/mol. The van der Waals surface area contributed by atoms with Crippen LogP contribution in [0.15, 0.2) is 24.3 Å². The van der Waals surface area contributed by atoms with E-state index in [2.05, 4.69) is 45.0 Å². The van der Waals surface area contributed by atoms with Crippen molar-refractivity contribution in [1.82, 2.24) is 0 Å². The molecule has 2 nitrogen and oxygen atoms in total. The van der Waals surface area contributed by atoms with Gasteiger partial charge < -0.3 is 9.53 Å². The van der Waals surface area contributed by atoms with E-state index in [0.717, 1.165) is 19.6 Å². The summed E-state index contributed by atoms with van der Waals surface area (Å²) in [6, 6.07) is 8.85. The van der Waals surface area contributed by atoms with Crippen molar-refractivity contribution >= 4 is 5.78 Å².